The highest BCUT2D eigenvalue weighted by molar-refractivity contribution is 5.36. The molecule has 0 saturated heterocycles. The van der Waals surface area contributed by atoms with Crippen LogP contribution in [0, 0.1) is 0 Å². The zero-order valence-electron chi connectivity index (χ0n) is 11.9. The number of benzene rings is 1. The second-order valence-electron chi connectivity index (χ2n) is 4.44. The number of hydrogen-bond donors (Lipinski definition) is 1. The molecular formula is C15H25NO2. The summed E-state index contributed by atoms with van der Waals surface area (Å²) < 4.78 is 11.1. The fourth-order valence-electron chi connectivity index (χ4n) is 2.08. The Balaban J connectivity index is 2.83. The lowest BCUT2D eigenvalue weighted by Gasteiger charge is -2.22. The van der Waals surface area contributed by atoms with E-state index in [1.807, 2.05) is 19.1 Å². The van der Waals surface area contributed by atoms with Gasteiger partial charge in [-0.15, -0.1) is 0 Å². The van der Waals surface area contributed by atoms with Crippen LogP contribution in [0.5, 0.6) is 5.75 Å². The fourth-order valence-corrected chi connectivity index (χ4v) is 2.08. The van der Waals surface area contributed by atoms with E-state index >= 15 is 0 Å². The van der Waals surface area contributed by atoms with Gasteiger partial charge < -0.3 is 14.8 Å². The van der Waals surface area contributed by atoms with E-state index in [-0.39, 0.29) is 6.10 Å². The van der Waals surface area contributed by atoms with E-state index < -0.39 is 0 Å². The molecular weight excluding hydrogens is 226 g/mol. The van der Waals surface area contributed by atoms with Crippen LogP contribution < -0.4 is 10.1 Å². The average Bonchev–Trinajstić information content (AvgIpc) is 2.37. The van der Waals surface area contributed by atoms with Gasteiger partial charge >= 0.3 is 0 Å². The van der Waals surface area contributed by atoms with E-state index in [1.54, 1.807) is 7.11 Å². The first-order valence-electron chi connectivity index (χ1n) is 6.70. The first-order chi connectivity index (χ1) is 8.72. The van der Waals surface area contributed by atoms with Crippen molar-refractivity contribution in [2.45, 2.75) is 39.3 Å². The molecule has 0 aliphatic heterocycles. The minimum absolute atomic E-state index is 0.0651. The number of rotatable bonds is 8. The lowest BCUT2D eigenvalue weighted by molar-refractivity contribution is 0.0909. The van der Waals surface area contributed by atoms with Gasteiger partial charge in [0, 0.05) is 18.7 Å². The summed E-state index contributed by atoms with van der Waals surface area (Å²) in [6, 6.07) is 8.58. The molecule has 18 heavy (non-hydrogen) atoms. The number of ether oxygens (including phenoxy) is 2. The van der Waals surface area contributed by atoms with Crippen molar-refractivity contribution < 1.29 is 9.47 Å². The Kier molecular flexibility index (Phi) is 6.76. The van der Waals surface area contributed by atoms with Crippen LogP contribution in [-0.2, 0) is 4.74 Å². The second kappa shape index (κ2) is 8.11. The molecule has 0 saturated carbocycles. The predicted octanol–water partition coefficient (Wildman–Crippen LogP) is 3.16. The van der Waals surface area contributed by atoms with Crippen LogP contribution in [0.4, 0.5) is 0 Å². The van der Waals surface area contributed by atoms with Gasteiger partial charge in [0.25, 0.3) is 0 Å². The first-order valence-corrected chi connectivity index (χ1v) is 6.70. The zero-order chi connectivity index (χ0) is 13.4. The number of nitrogens with one attached hydrogen (secondary N) is 1. The van der Waals surface area contributed by atoms with Crippen molar-refractivity contribution in [3.05, 3.63) is 29.8 Å². The summed E-state index contributed by atoms with van der Waals surface area (Å²) in [5.41, 5.74) is 1.23. The molecule has 0 aliphatic rings. The molecule has 0 radical (unpaired) electrons. The van der Waals surface area contributed by atoms with Gasteiger partial charge in [-0.3, -0.25) is 0 Å². The highest BCUT2D eigenvalue weighted by Crippen LogP contribution is 2.27. The Morgan fingerprint density at radius 3 is 2.56 bits per heavy atom. The largest absolute Gasteiger partial charge is 0.488 e. The molecule has 1 rings (SSSR count). The molecule has 0 spiro atoms. The summed E-state index contributed by atoms with van der Waals surface area (Å²) in [4.78, 5) is 0. The Morgan fingerprint density at radius 2 is 1.94 bits per heavy atom. The number of hydrogen-bond acceptors (Lipinski definition) is 3. The Bertz CT molecular complexity index is 341. The summed E-state index contributed by atoms with van der Waals surface area (Å²) in [6.45, 7) is 7.89. The van der Waals surface area contributed by atoms with Crippen molar-refractivity contribution >= 4 is 0 Å². The van der Waals surface area contributed by atoms with E-state index in [2.05, 4.69) is 31.3 Å². The van der Waals surface area contributed by atoms with Crippen LogP contribution in [0.15, 0.2) is 24.3 Å². The molecule has 0 amide bonds. The number of methoxy groups -OCH3 is 1. The van der Waals surface area contributed by atoms with Crippen molar-refractivity contribution in [2.24, 2.45) is 0 Å². The van der Waals surface area contributed by atoms with E-state index in [1.165, 1.54) is 5.56 Å². The molecule has 0 aliphatic carbocycles. The molecule has 3 nitrogen and oxygen atoms in total. The quantitative estimate of drug-likeness (QED) is 0.770. The van der Waals surface area contributed by atoms with Crippen LogP contribution >= 0.6 is 0 Å². The van der Waals surface area contributed by atoms with Gasteiger partial charge in [-0.25, -0.2) is 0 Å². The summed E-state index contributed by atoms with van der Waals surface area (Å²) in [5, 5.41) is 3.48. The van der Waals surface area contributed by atoms with Crippen molar-refractivity contribution in [3.63, 3.8) is 0 Å². The highest BCUT2D eigenvalue weighted by atomic mass is 16.5. The molecule has 3 heteroatoms. The SMILES string of the molecule is CCNC(CC)c1ccccc1OC(C)COC. The van der Waals surface area contributed by atoms with Crippen molar-refractivity contribution in [1.82, 2.24) is 5.32 Å². The molecule has 2 unspecified atom stereocenters. The third-order valence-electron chi connectivity index (χ3n) is 2.88. The van der Waals surface area contributed by atoms with Crippen molar-refractivity contribution in [1.29, 1.82) is 0 Å². The van der Waals surface area contributed by atoms with E-state index in [0.29, 0.717) is 12.6 Å². The van der Waals surface area contributed by atoms with Gasteiger partial charge in [0.05, 0.1) is 6.61 Å². The van der Waals surface area contributed by atoms with Gasteiger partial charge in [-0.05, 0) is 26.0 Å². The van der Waals surface area contributed by atoms with Gasteiger partial charge in [0.1, 0.15) is 11.9 Å². The molecule has 1 aromatic rings. The van der Waals surface area contributed by atoms with E-state index in [9.17, 15) is 0 Å². The predicted molar refractivity (Wildman–Crippen MR) is 75.1 cm³/mol. The van der Waals surface area contributed by atoms with Gasteiger partial charge in [-0.2, -0.15) is 0 Å². The monoisotopic (exact) mass is 251 g/mol. The molecule has 0 bridgehead atoms. The Morgan fingerprint density at radius 1 is 1.22 bits per heavy atom. The lowest BCUT2D eigenvalue weighted by Crippen LogP contribution is -2.23. The third-order valence-corrected chi connectivity index (χ3v) is 2.88. The Hall–Kier alpha value is -1.06. The minimum Gasteiger partial charge on any atom is -0.488 e. The smallest absolute Gasteiger partial charge is 0.124 e. The van der Waals surface area contributed by atoms with E-state index in [0.717, 1.165) is 18.7 Å². The van der Waals surface area contributed by atoms with Crippen LogP contribution in [0.25, 0.3) is 0 Å². The van der Waals surface area contributed by atoms with Crippen LogP contribution in [0.3, 0.4) is 0 Å². The number of para-hydroxylation sites is 1. The highest BCUT2D eigenvalue weighted by Gasteiger charge is 2.14. The maximum absolute atomic E-state index is 5.95. The van der Waals surface area contributed by atoms with Crippen LogP contribution in [-0.4, -0.2) is 26.4 Å². The standard InChI is InChI=1S/C15H25NO2/c1-5-14(16-6-2)13-9-7-8-10-15(13)18-12(3)11-17-4/h7-10,12,14,16H,5-6,11H2,1-4H3. The summed E-state index contributed by atoms with van der Waals surface area (Å²) >= 11 is 0. The van der Waals surface area contributed by atoms with Crippen LogP contribution in [0.1, 0.15) is 38.8 Å². The normalized spacial score (nSPS) is 14.2. The minimum atomic E-state index is 0.0651. The topological polar surface area (TPSA) is 30.5 Å². The Labute approximate surface area is 110 Å². The van der Waals surface area contributed by atoms with Gasteiger partial charge in [0.2, 0.25) is 0 Å². The zero-order valence-corrected chi connectivity index (χ0v) is 11.9. The van der Waals surface area contributed by atoms with E-state index in [4.69, 9.17) is 9.47 Å². The van der Waals surface area contributed by atoms with Gasteiger partial charge in [-0.1, -0.05) is 32.0 Å². The summed E-state index contributed by atoms with van der Waals surface area (Å²) in [6.07, 6.45) is 1.11. The summed E-state index contributed by atoms with van der Waals surface area (Å²) in [5.74, 6) is 0.954. The molecule has 0 heterocycles. The van der Waals surface area contributed by atoms with Gasteiger partial charge in [0.15, 0.2) is 0 Å². The molecule has 0 aromatic heterocycles. The second-order valence-corrected chi connectivity index (χ2v) is 4.44. The maximum atomic E-state index is 5.95. The summed E-state index contributed by atoms with van der Waals surface area (Å²) in [7, 11) is 1.69. The fraction of sp³-hybridized carbons (Fsp3) is 0.600. The molecule has 2 atom stereocenters. The first kappa shape index (κ1) is 15.0. The van der Waals surface area contributed by atoms with Crippen molar-refractivity contribution in [2.75, 3.05) is 20.3 Å². The lowest BCUT2D eigenvalue weighted by atomic mass is 10.0. The molecule has 1 N–H and O–H groups in total. The molecule has 102 valence electrons. The third kappa shape index (κ3) is 4.31. The molecule has 1 aromatic carbocycles. The molecule has 0 fully saturated rings. The maximum Gasteiger partial charge on any atom is 0.124 e. The van der Waals surface area contributed by atoms with Crippen molar-refractivity contribution in [3.8, 4) is 5.75 Å². The van der Waals surface area contributed by atoms with Crippen LogP contribution in [0.2, 0.25) is 0 Å². The average molecular weight is 251 g/mol.